The second kappa shape index (κ2) is 6.32. The van der Waals surface area contributed by atoms with Crippen molar-refractivity contribution in [3.8, 4) is 5.75 Å². The van der Waals surface area contributed by atoms with E-state index in [1.807, 2.05) is 0 Å². The van der Waals surface area contributed by atoms with Gasteiger partial charge in [-0.1, -0.05) is 11.6 Å². The molecule has 2 rings (SSSR count). The second-order valence-electron chi connectivity index (χ2n) is 5.61. The number of nitrogens with zero attached hydrogens (tertiary/aromatic N) is 1. The summed E-state index contributed by atoms with van der Waals surface area (Å²) in [6, 6.07) is 3.84. The molecule has 0 radical (unpaired) electrons. The van der Waals surface area contributed by atoms with Crippen LogP contribution in [-0.2, 0) is 14.6 Å². The van der Waals surface area contributed by atoms with Gasteiger partial charge >= 0.3 is 5.69 Å². The number of ether oxygens (including phenoxy) is 1. The first-order valence-corrected chi connectivity index (χ1v) is 8.88. The summed E-state index contributed by atoms with van der Waals surface area (Å²) in [6.07, 6.45) is 0.322. The molecule has 1 aromatic rings. The minimum atomic E-state index is -3.15. The van der Waals surface area contributed by atoms with E-state index in [2.05, 4.69) is 5.32 Å². The number of sulfone groups is 1. The van der Waals surface area contributed by atoms with E-state index in [9.17, 15) is 23.3 Å². The van der Waals surface area contributed by atoms with Crippen LogP contribution >= 0.6 is 11.6 Å². The highest BCUT2D eigenvalue weighted by Gasteiger charge is 2.39. The average molecular weight is 363 g/mol. The van der Waals surface area contributed by atoms with Crippen molar-refractivity contribution in [1.82, 2.24) is 5.32 Å². The monoisotopic (exact) mass is 362 g/mol. The van der Waals surface area contributed by atoms with E-state index < -0.39 is 32.8 Å². The van der Waals surface area contributed by atoms with Crippen molar-refractivity contribution < 1.29 is 22.9 Å². The van der Waals surface area contributed by atoms with Crippen molar-refractivity contribution in [2.24, 2.45) is 0 Å². The summed E-state index contributed by atoms with van der Waals surface area (Å²) in [5, 5.41) is 13.7. The second-order valence-corrected chi connectivity index (χ2v) is 8.23. The number of benzene rings is 1. The van der Waals surface area contributed by atoms with Crippen LogP contribution in [0.15, 0.2) is 18.2 Å². The Morgan fingerprint density at radius 1 is 1.52 bits per heavy atom. The van der Waals surface area contributed by atoms with Crippen LogP contribution in [0.1, 0.15) is 13.3 Å². The van der Waals surface area contributed by atoms with Gasteiger partial charge in [-0.25, -0.2) is 8.42 Å². The third-order valence-electron chi connectivity index (χ3n) is 3.42. The summed E-state index contributed by atoms with van der Waals surface area (Å²) in [5.74, 6) is -0.743. The summed E-state index contributed by atoms with van der Waals surface area (Å²) in [4.78, 5) is 22.2. The molecular weight excluding hydrogens is 348 g/mol. The molecule has 1 aliphatic heterocycles. The smallest absolute Gasteiger partial charge is 0.312 e. The fraction of sp³-hybridized carbons (Fsp3) is 0.462. The number of hydrogen-bond acceptors (Lipinski definition) is 6. The zero-order valence-electron chi connectivity index (χ0n) is 12.2. The Morgan fingerprint density at radius 2 is 2.22 bits per heavy atom. The number of nitro benzene ring substituents is 1. The number of halogens is 1. The molecule has 1 aromatic carbocycles. The van der Waals surface area contributed by atoms with E-state index >= 15 is 0 Å². The molecule has 0 spiro atoms. The summed E-state index contributed by atoms with van der Waals surface area (Å²) < 4.78 is 28.1. The van der Waals surface area contributed by atoms with Gasteiger partial charge in [0, 0.05) is 11.1 Å². The molecule has 1 heterocycles. The third-order valence-corrected chi connectivity index (χ3v) is 5.56. The fourth-order valence-corrected chi connectivity index (χ4v) is 4.64. The zero-order chi connectivity index (χ0) is 17.3. The Hall–Kier alpha value is -1.87. The van der Waals surface area contributed by atoms with Crippen molar-refractivity contribution in [2.45, 2.75) is 18.9 Å². The Balaban J connectivity index is 1.99. The lowest BCUT2D eigenvalue weighted by atomic mass is 10.0. The van der Waals surface area contributed by atoms with Crippen molar-refractivity contribution in [3.63, 3.8) is 0 Å². The van der Waals surface area contributed by atoms with Crippen LogP contribution in [-0.4, -0.2) is 42.9 Å². The van der Waals surface area contributed by atoms with Gasteiger partial charge < -0.3 is 10.1 Å². The number of nitro groups is 1. The first-order chi connectivity index (χ1) is 10.6. The van der Waals surface area contributed by atoms with Crippen molar-refractivity contribution in [3.05, 3.63) is 33.3 Å². The minimum Gasteiger partial charge on any atom is -0.477 e. The third kappa shape index (κ3) is 4.55. The van der Waals surface area contributed by atoms with E-state index in [-0.39, 0.29) is 28.0 Å². The quantitative estimate of drug-likeness (QED) is 0.623. The molecule has 1 saturated heterocycles. The molecule has 23 heavy (non-hydrogen) atoms. The lowest BCUT2D eigenvalue weighted by molar-refractivity contribution is -0.385. The maximum atomic E-state index is 11.9. The van der Waals surface area contributed by atoms with Gasteiger partial charge in [-0.2, -0.15) is 0 Å². The van der Waals surface area contributed by atoms with Gasteiger partial charge in [0.15, 0.2) is 22.2 Å². The van der Waals surface area contributed by atoms with E-state index in [1.54, 1.807) is 6.92 Å². The summed E-state index contributed by atoms with van der Waals surface area (Å²) in [5.41, 5.74) is -1.19. The Labute approximate surface area is 137 Å². The first-order valence-electron chi connectivity index (χ1n) is 6.68. The molecule has 10 heteroatoms. The molecule has 0 saturated carbocycles. The van der Waals surface area contributed by atoms with Gasteiger partial charge in [0.25, 0.3) is 5.91 Å². The van der Waals surface area contributed by atoms with Gasteiger partial charge in [-0.05, 0) is 25.5 Å². The Kier molecular flexibility index (Phi) is 4.81. The average Bonchev–Trinajstić information content (AvgIpc) is 2.70. The number of amides is 1. The van der Waals surface area contributed by atoms with E-state index in [1.165, 1.54) is 12.1 Å². The number of carbonyl (C=O) groups excluding carboxylic acids is 1. The SMILES string of the molecule is C[C@@]1(NC(=O)COc2ccc(Cl)cc2[N+](=O)[O-])CCS(=O)(=O)C1. The van der Waals surface area contributed by atoms with Crippen molar-refractivity contribution in [1.29, 1.82) is 0 Å². The maximum Gasteiger partial charge on any atom is 0.312 e. The highest BCUT2D eigenvalue weighted by molar-refractivity contribution is 7.91. The zero-order valence-corrected chi connectivity index (χ0v) is 13.8. The van der Waals surface area contributed by atoms with Crippen molar-refractivity contribution in [2.75, 3.05) is 18.1 Å². The van der Waals surface area contributed by atoms with Crippen LogP contribution in [0.25, 0.3) is 0 Å². The van der Waals surface area contributed by atoms with Crippen LogP contribution in [0.2, 0.25) is 5.02 Å². The Bertz CT molecular complexity index is 751. The Morgan fingerprint density at radius 3 is 2.78 bits per heavy atom. The molecule has 1 fully saturated rings. The van der Waals surface area contributed by atoms with Gasteiger partial charge in [-0.15, -0.1) is 0 Å². The lowest BCUT2D eigenvalue weighted by Gasteiger charge is -2.23. The summed E-state index contributed by atoms with van der Waals surface area (Å²) >= 11 is 5.69. The van der Waals surface area contributed by atoms with Crippen LogP contribution in [0.3, 0.4) is 0 Å². The number of hydrogen-bond donors (Lipinski definition) is 1. The molecule has 126 valence electrons. The van der Waals surface area contributed by atoms with Gasteiger partial charge in [-0.3, -0.25) is 14.9 Å². The lowest BCUT2D eigenvalue weighted by Crippen LogP contribution is -2.48. The molecular formula is C13H15ClN2O6S. The molecule has 8 nitrogen and oxygen atoms in total. The van der Waals surface area contributed by atoms with Gasteiger partial charge in [0.05, 0.1) is 22.0 Å². The van der Waals surface area contributed by atoms with Crippen LogP contribution in [0, 0.1) is 10.1 Å². The molecule has 0 bridgehead atoms. The number of carbonyl (C=O) groups is 1. The minimum absolute atomic E-state index is 0.0211. The fourth-order valence-electron chi connectivity index (χ4n) is 2.38. The van der Waals surface area contributed by atoms with E-state index in [0.717, 1.165) is 6.07 Å². The topological polar surface area (TPSA) is 116 Å². The van der Waals surface area contributed by atoms with Gasteiger partial charge in [0.2, 0.25) is 0 Å². The largest absolute Gasteiger partial charge is 0.477 e. The first kappa shape index (κ1) is 17.5. The predicted octanol–water partition coefficient (Wildman–Crippen LogP) is 1.32. The summed E-state index contributed by atoms with van der Waals surface area (Å²) in [6.45, 7) is 1.18. The molecule has 1 aliphatic rings. The van der Waals surface area contributed by atoms with E-state index in [0.29, 0.717) is 6.42 Å². The predicted molar refractivity (Wildman–Crippen MR) is 83.4 cm³/mol. The highest BCUT2D eigenvalue weighted by atomic mass is 35.5. The highest BCUT2D eigenvalue weighted by Crippen LogP contribution is 2.30. The van der Waals surface area contributed by atoms with Crippen molar-refractivity contribution >= 4 is 33.0 Å². The van der Waals surface area contributed by atoms with Gasteiger partial charge in [0.1, 0.15) is 0 Å². The van der Waals surface area contributed by atoms with Crippen LogP contribution in [0.5, 0.6) is 5.75 Å². The molecule has 0 aromatic heterocycles. The maximum absolute atomic E-state index is 11.9. The molecule has 0 aliphatic carbocycles. The molecule has 1 N–H and O–H groups in total. The van der Waals surface area contributed by atoms with Crippen LogP contribution in [0.4, 0.5) is 5.69 Å². The summed E-state index contributed by atoms with van der Waals surface area (Å²) in [7, 11) is -3.15. The number of rotatable bonds is 5. The molecule has 0 unspecified atom stereocenters. The molecule has 1 atom stereocenters. The van der Waals surface area contributed by atoms with E-state index in [4.69, 9.17) is 16.3 Å². The number of nitrogens with one attached hydrogen (secondary N) is 1. The van der Waals surface area contributed by atoms with Crippen LogP contribution < -0.4 is 10.1 Å². The standard InChI is InChI=1S/C13H15ClN2O6S/c1-13(4-5-23(20,21)8-13)15-12(17)7-22-11-3-2-9(14)6-10(11)16(18)19/h2-3,6H,4-5,7-8H2,1H3,(H,15,17)/t13-/m1/s1. The molecule has 1 amide bonds. The normalized spacial score (nSPS) is 22.5.